The molecule has 0 aromatic heterocycles. The van der Waals surface area contributed by atoms with Crippen molar-refractivity contribution in [1.29, 1.82) is 0 Å². The van der Waals surface area contributed by atoms with E-state index in [-0.39, 0.29) is 12.1 Å². The Morgan fingerprint density at radius 2 is 1.48 bits per heavy atom. The number of nitrogens with zero attached hydrogens (tertiary/aromatic N) is 1. The minimum atomic E-state index is -0.518. The Kier molecular flexibility index (Phi) is 6.47. The predicted molar refractivity (Wildman–Crippen MR) is 110 cm³/mol. The first kappa shape index (κ1) is 19.9. The molecule has 1 N–H and O–H groups in total. The van der Waals surface area contributed by atoms with Crippen molar-refractivity contribution < 1.29 is 19.1 Å². The van der Waals surface area contributed by atoms with Gasteiger partial charge in [-0.05, 0) is 30.3 Å². The molecule has 3 aromatic rings. The number of rotatable bonds is 6. The first-order valence-corrected chi connectivity index (χ1v) is 9.11. The van der Waals surface area contributed by atoms with Gasteiger partial charge in [0.2, 0.25) is 0 Å². The fraction of sp³-hybridized carbons (Fsp3) is 0.130. The highest BCUT2D eigenvalue weighted by atomic mass is 16.5. The van der Waals surface area contributed by atoms with Crippen LogP contribution in [0.1, 0.15) is 15.9 Å². The van der Waals surface area contributed by atoms with E-state index in [1.54, 1.807) is 49.6 Å². The van der Waals surface area contributed by atoms with Crippen LogP contribution in [-0.2, 0) is 6.54 Å². The summed E-state index contributed by atoms with van der Waals surface area (Å²) in [6.07, 6.45) is 0. The molecule has 0 saturated carbocycles. The molecular weight excluding hydrogens is 368 g/mol. The maximum absolute atomic E-state index is 13.3. The molecule has 0 aliphatic rings. The summed E-state index contributed by atoms with van der Waals surface area (Å²) in [5.41, 5.74) is 1.00. The maximum atomic E-state index is 13.3. The number of para-hydroxylation sites is 3. The monoisotopic (exact) mass is 390 g/mol. The van der Waals surface area contributed by atoms with E-state index in [9.17, 15) is 9.59 Å². The quantitative estimate of drug-likeness (QED) is 0.674. The van der Waals surface area contributed by atoms with E-state index >= 15 is 0 Å². The third kappa shape index (κ3) is 4.73. The minimum absolute atomic E-state index is 0.0577. The zero-order valence-electron chi connectivity index (χ0n) is 16.3. The van der Waals surface area contributed by atoms with Gasteiger partial charge in [-0.3, -0.25) is 9.69 Å². The van der Waals surface area contributed by atoms with E-state index in [1.165, 1.54) is 7.05 Å². The number of carbonyl (C=O) groups is 2. The second-order valence-electron chi connectivity index (χ2n) is 6.17. The lowest BCUT2D eigenvalue weighted by atomic mass is 10.1. The van der Waals surface area contributed by atoms with Crippen molar-refractivity contribution in [2.45, 2.75) is 6.54 Å². The highest BCUT2D eigenvalue weighted by Crippen LogP contribution is 2.27. The maximum Gasteiger partial charge on any atom is 0.324 e. The lowest BCUT2D eigenvalue weighted by Crippen LogP contribution is -2.42. The van der Waals surface area contributed by atoms with Crippen LogP contribution in [0.5, 0.6) is 17.2 Å². The second kappa shape index (κ2) is 9.41. The highest BCUT2D eigenvalue weighted by Gasteiger charge is 2.26. The smallest absolute Gasteiger partial charge is 0.324 e. The molecule has 0 saturated heterocycles. The highest BCUT2D eigenvalue weighted by molar-refractivity contribution is 6.05. The van der Waals surface area contributed by atoms with Crippen LogP contribution < -0.4 is 14.8 Å². The number of hydrogen-bond acceptors (Lipinski definition) is 4. The number of imide groups is 1. The van der Waals surface area contributed by atoms with Crippen LogP contribution in [0.15, 0.2) is 78.9 Å². The van der Waals surface area contributed by atoms with Gasteiger partial charge in [0.05, 0.1) is 19.2 Å². The van der Waals surface area contributed by atoms with E-state index in [0.717, 1.165) is 4.90 Å². The summed E-state index contributed by atoms with van der Waals surface area (Å²) in [5, 5.41) is 2.53. The third-order valence-electron chi connectivity index (χ3n) is 4.31. The molecule has 29 heavy (non-hydrogen) atoms. The molecule has 0 bridgehead atoms. The van der Waals surface area contributed by atoms with Crippen molar-refractivity contribution in [2.75, 3.05) is 14.2 Å². The topological polar surface area (TPSA) is 67.9 Å². The number of nitrogens with one attached hydrogen (secondary N) is 1. The number of amides is 3. The fourth-order valence-electron chi connectivity index (χ4n) is 2.87. The van der Waals surface area contributed by atoms with Gasteiger partial charge in [-0.1, -0.05) is 48.5 Å². The molecule has 0 aliphatic carbocycles. The number of urea groups is 1. The lowest BCUT2D eigenvalue weighted by Gasteiger charge is -2.22. The van der Waals surface area contributed by atoms with Gasteiger partial charge in [0.1, 0.15) is 17.2 Å². The van der Waals surface area contributed by atoms with Gasteiger partial charge in [-0.25, -0.2) is 4.79 Å². The summed E-state index contributed by atoms with van der Waals surface area (Å²) in [6.45, 7) is 0.0577. The molecule has 3 aromatic carbocycles. The van der Waals surface area contributed by atoms with Crippen molar-refractivity contribution >= 4 is 11.9 Å². The van der Waals surface area contributed by atoms with E-state index in [2.05, 4.69) is 5.32 Å². The Bertz CT molecular complexity index is 989. The van der Waals surface area contributed by atoms with Gasteiger partial charge in [0.25, 0.3) is 5.91 Å². The summed E-state index contributed by atoms with van der Waals surface area (Å²) in [5.74, 6) is 1.10. The van der Waals surface area contributed by atoms with E-state index in [0.29, 0.717) is 22.8 Å². The molecule has 0 atom stereocenters. The van der Waals surface area contributed by atoms with Gasteiger partial charge in [-0.15, -0.1) is 0 Å². The van der Waals surface area contributed by atoms with Crippen LogP contribution >= 0.6 is 0 Å². The zero-order chi connectivity index (χ0) is 20.6. The zero-order valence-corrected chi connectivity index (χ0v) is 16.3. The molecular formula is C23H22N2O4. The van der Waals surface area contributed by atoms with Crippen LogP contribution in [0.3, 0.4) is 0 Å². The minimum Gasteiger partial charge on any atom is -0.496 e. The molecule has 0 spiro atoms. The van der Waals surface area contributed by atoms with Crippen molar-refractivity contribution in [3.63, 3.8) is 0 Å². The molecule has 3 amide bonds. The van der Waals surface area contributed by atoms with Gasteiger partial charge in [-0.2, -0.15) is 0 Å². The van der Waals surface area contributed by atoms with E-state index in [4.69, 9.17) is 9.47 Å². The van der Waals surface area contributed by atoms with Gasteiger partial charge in [0, 0.05) is 12.6 Å². The average molecular weight is 390 g/mol. The third-order valence-corrected chi connectivity index (χ3v) is 4.31. The lowest BCUT2D eigenvalue weighted by molar-refractivity contribution is 0.0789. The van der Waals surface area contributed by atoms with E-state index < -0.39 is 11.9 Å². The molecule has 148 valence electrons. The summed E-state index contributed by atoms with van der Waals surface area (Å²) < 4.78 is 11.2. The van der Waals surface area contributed by atoms with Gasteiger partial charge in [0.15, 0.2) is 0 Å². The summed E-state index contributed by atoms with van der Waals surface area (Å²) >= 11 is 0. The number of ether oxygens (including phenoxy) is 2. The van der Waals surface area contributed by atoms with Crippen molar-refractivity contribution in [3.8, 4) is 17.2 Å². The summed E-state index contributed by atoms with van der Waals surface area (Å²) in [7, 11) is 3.03. The first-order chi connectivity index (χ1) is 14.1. The molecule has 0 aliphatic heterocycles. The first-order valence-electron chi connectivity index (χ1n) is 9.11. The molecule has 0 radical (unpaired) electrons. The normalized spacial score (nSPS) is 10.1. The van der Waals surface area contributed by atoms with Gasteiger partial charge < -0.3 is 14.8 Å². The molecule has 3 rings (SSSR count). The molecule has 6 heteroatoms. The fourth-order valence-corrected chi connectivity index (χ4v) is 2.87. The molecule has 0 fully saturated rings. The standard InChI is InChI=1S/C23H22N2O4/c1-24-23(27)25(16-17-10-6-8-14-20(17)28-2)22(26)19-13-7-9-15-21(19)29-18-11-4-3-5-12-18/h3-15H,16H2,1-2H3,(H,24,27). The van der Waals surface area contributed by atoms with Crippen LogP contribution in [-0.4, -0.2) is 31.0 Å². The predicted octanol–water partition coefficient (Wildman–Crippen LogP) is 4.47. The number of hydrogen-bond donors (Lipinski definition) is 1. The SMILES string of the molecule is CNC(=O)N(Cc1ccccc1OC)C(=O)c1ccccc1Oc1ccccc1. The largest absolute Gasteiger partial charge is 0.496 e. The number of carbonyl (C=O) groups excluding carboxylic acids is 2. The Balaban J connectivity index is 1.94. The average Bonchev–Trinajstić information content (AvgIpc) is 2.78. The van der Waals surface area contributed by atoms with Crippen molar-refractivity contribution in [1.82, 2.24) is 10.2 Å². The van der Waals surface area contributed by atoms with Crippen LogP contribution in [0.25, 0.3) is 0 Å². The molecule has 6 nitrogen and oxygen atoms in total. The summed E-state index contributed by atoms with van der Waals surface area (Å²) in [6, 6.07) is 22.8. The van der Waals surface area contributed by atoms with Crippen LogP contribution in [0.4, 0.5) is 4.79 Å². The Labute approximate surface area is 169 Å². The van der Waals surface area contributed by atoms with Crippen molar-refractivity contribution in [3.05, 3.63) is 90.0 Å². The molecule has 0 unspecified atom stereocenters. The number of benzene rings is 3. The van der Waals surface area contributed by atoms with Gasteiger partial charge >= 0.3 is 6.03 Å². The second-order valence-corrected chi connectivity index (χ2v) is 6.17. The van der Waals surface area contributed by atoms with E-state index in [1.807, 2.05) is 36.4 Å². The van der Waals surface area contributed by atoms with Crippen molar-refractivity contribution in [2.24, 2.45) is 0 Å². The van der Waals surface area contributed by atoms with Crippen LogP contribution in [0, 0.1) is 0 Å². The summed E-state index contributed by atoms with van der Waals surface area (Å²) in [4.78, 5) is 26.9. The Hall–Kier alpha value is -3.80. The Morgan fingerprint density at radius 3 is 2.17 bits per heavy atom. The number of methoxy groups -OCH3 is 1. The van der Waals surface area contributed by atoms with Crippen LogP contribution in [0.2, 0.25) is 0 Å². The molecule has 0 heterocycles. The Morgan fingerprint density at radius 1 is 0.862 bits per heavy atom.